The summed E-state index contributed by atoms with van der Waals surface area (Å²) in [4.78, 5) is 41.3. The van der Waals surface area contributed by atoms with E-state index in [2.05, 4.69) is 15.3 Å². The zero-order chi connectivity index (χ0) is 32.1. The van der Waals surface area contributed by atoms with Crippen LogP contribution < -0.4 is 15.9 Å². The number of nitrogens with zero attached hydrogens (tertiary/aromatic N) is 5. The van der Waals surface area contributed by atoms with Gasteiger partial charge in [-0.1, -0.05) is 6.42 Å². The van der Waals surface area contributed by atoms with Crippen molar-refractivity contribution in [3.05, 3.63) is 77.0 Å². The molecule has 0 spiro atoms. The predicted octanol–water partition coefficient (Wildman–Crippen LogP) is 5.68. The summed E-state index contributed by atoms with van der Waals surface area (Å²) in [6, 6.07) is 6.81. The fourth-order valence-corrected chi connectivity index (χ4v) is 7.15. The second-order valence-corrected chi connectivity index (χ2v) is 12.5. The first-order valence-corrected chi connectivity index (χ1v) is 15.8. The highest BCUT2D eigenvalue weighted by molar-refractivity contribution is 6.07. The van der Waals surface area contributed by atoms with E-state index in [-0.39, 0.29) is 39.9 Å². The van der Waals surface area contributed by atoms with E-state index in [1.807, 2.05) is 4.90 Å². The molecule has 1 aliphatic carbocycles. The number of nitrogens with two attached hydrogens (primary N) is 1. The molecule has 0 radical (unpaired) electrons. The van der Waals surface area contributed by atoms with Gasteiger partial charge in [0.05, 0.1) is 24.1 Å². The maximum atomic E-state index is 13.3. The molecule has 2 amide bonds. The number of nitrogens with one attached hydrogen (secondary N) is 1. The van der Waals surface area contributed by atoms with Crippen LogP contribution in [0, 0.1) is 5.92 Å². The van der Waals surface area contributed by atoms with Crippen molar-refractivity contribution in [1.29, 1.82) is 0 Å². The molecule has 5 heterocycles. The minimum Gasteiger partial charge on any atom is -0.489 e. The lowest BCUT2D eigenvalue weighted by atomic mass is 9.90. The summed E-state index contributed by atoms with van der Waals surface area (Å²) >= 11 is 0. The minimum atomic E-state index is -4.57. The average molecular weight is 635 g/mol. The first kappa shape index (κ1) is 30.3. The summed E-state index contributed by atoms with van der Waals surface area (Å²) in [6.07, 6.45) is 9.54. The number of alkyl halides is 3. The number of amides is 2. The second-order valence-electron chi connectivity index (χ2n) is 12.5. The second kappa shape index (κ2) is 11.8. The molecule has 1 unspecified atom stereocenters. The lowest BCUT2D eigenvalue weighted by Crippen LogP contribution is -2.53. The predicted molar refractivity (Wildman–Crippen MR) is 164 cm³/mol. The molecule has 2 saturated heterocycles. The summed E-state index contributed by atoms with van der Waals surface area (Å²) in [5.74, 6) is 7.30. The zero-order valence-electron chi connectivity index (χ0n) is 25.2. The molecular formula is C33H35F3N7O3+. The third-order valence-electron chi connectivity index (χ3n) is 9.59. The van der Waals surface area contributed by atoms with Gasteiger partial charge in [0.15, 0.2) is 0 Å². The number of hydrogen-bond donors (Lipinski definition) is 2. The van der Waals surface area contributed by atoms with E-state index < -0.39 is 17.6 Å². The maximum absolute atomic E-state index is 13.3. The summed E-state index contributed by atoms with van der Waals surface area (Å²) < 4.78 is 46.1. The van der Waals surface area contributed by atoms with Crippen molar-refractivity contribution in [2.75, 3.05) is 11.9 Å². The van der Waals surface area contributed by atoms with Crippen LogP contribution in [0.15, 0.2) is 70.3 Å². The van der Waals surface area contributed by atoms with E-state index >= 15 is 0 Å². The number of halogens is 3. The van der Waals surface area contributed by atoms with E-state index in [1.54, 1.807) is 36.8 Å². The third-order valence-corrected chi connectivity index (χ3v) is 9.59. The summed E-state index contributed by atoms with van der Waals surface area (Å²) in [6.45, 7) is 0.574. The van der Waals surface area contributed by atoms with Crippen LogP contribution in [0.25, 0.3) is 0 Å². The van der Waals surface area contributed by atoms with Gasteiger partial charge >= 0.3 is 6.18 Å². The van der Waals surface area contributed by atoms with Crippen LogP contribution in [0.5, 0.6) is 5.75 Å². The van der Waals surface area contributed by atoms with Crippen LogP contribution in [0.3, 0.4) is 0 Å². The normalized spacial score (nSPS) is 26.2. The number of piperidine rings is 1. The van der Waals surface area contributed by atoms with Crippen LogP contribution in [0.1, 0.15) is 79.3 Å². The van der Waals surface area contributed by atoms with E-state index in [0.29, 0.717) is 35.8 Å². The summed E-state index contributed by atoms with van der Waals surface area (Å²) in [5, 5.41) is 2.48. The van der Waals surface area contributed by atoms with Crippen molar-refractivity contribution in [3.63, 3.8) is 0 Å². The van der Waals surface area contributed by atoms with Crippen LogP contribution in [0.2, 0.25) is 0 Å². The molecule has 2 aromatic rings. The molecule has 5 aliphatic rings. The number of aromatic nitrogens is 1. The lowest BCUT2D eigenvalue weighted by molar-refractivity contribution is -0.750. The van der Waals surface area contributed by atoms with Crippen molar-refractivity contribution >= 4 is 29.7 Å². The minimum absolute atomic E-state index is 0.0162. The van der Waals surface area contributed by atoms with Gasteiger partial charge < -0.3 is 15.0 Å². The number of quaternary nitrogens is 1. The standard InChI is InChI=1S/C33H34F3N7O3/c34-33(35,36)22-12-13-39-28(17-22)40-32(45)20-7-10-25(27(16-20)46-24-4-2-1-3-5-24)31-41-30(26-18-38-14-15-43(26,31)37)21-6-8-23-9-11-29(44)42(23)19-21/h7,10,12-18,21,23-24H,1-6,8-9,11,19,37H2/p+1/t21-,23+,43?/m1/s1. The number of allylic oxidation sites excluding steroid dienone is 1. The highest BCUT2D eigenvalue weighted by Gasteiger charge is 2.49. The molecule has 4 aliphatic heterocycles. The molecule has 3 N–H and O–H groups in total. The Balaban J connectivity index is 1.23. The molecule has 13 heteroatoms. The number of hydrogen-bond acceptors (Lipinski definition) is 7. The SMILES string of the molecule is N[N+]12C=CN=CC1=C([C@@H]1CC[C@H]3CCC(=O)N3C1)N=C2c1ccc(C(=O)Nc2cc(C(F)(F)F)ccn2)cc1OC1CCCCC1. The number of benzene rings is 1. The maximum Gasteiger partial charge on any atom is 0.416 e. The summed E-state index contributed by atoms with van der Waals surface area (Å²) in [5.41, 5.74) is 1.37. The van der Waals surface area contributed by atoms with Gasteiger partial charge in [0.1, 0.15) is 29.0 Å². The Morgan fingerprint density at radius 2 is 1.89 bits per heavy atom. The summed E-state index contributed by atoms with van der Waals surface area (Å²) in [7, 11) is 0. The van der Waals surface area contributed by atoms with Gasteiger partial charge in [-0.2, -0.15) is 24.0 Å². The molecule has 3 fully saturated rings. The number of ether oxygens (including phenoxy) is 1. The Morgan fingerprint density at radius 1 is 1.07 bits per heavy atom. The molecule has 46 heavy (non-hydrogen) atoms. The molecule has 1 aromatic carbocycles. The van der Waals surface area contributed by atoms with Crippen molar-refractivity contribution in [2.24, 2.45) is 21.7 Å². The highest BCUT2D eigenvalue weighted by atomic mass is 19.4. The topological polar surface area (TPSA) is 122 Å². The van der Waals surface area contributed by atoms with E-state index in [9.17, 15) is 22.8 Å². The molecule has 1 aromatic heterocycles. The van der Waals surface area contributed by atoms with Gasteiger partial charge in [-0.3, -0.25) is 14.6 Å². The first-order valence-electron chi connectivity index (χ1n) is 15.8. The van der Waals surface area contributed by atoms with Crippen LogP contribution in [0.4, 0.5) is 19.0 Å². The third kappa shape index (κ3) is 5.62. The number of aliphatic imine (C=N–C) groups is 2. The van der Waals surface area contributed by atoms with Crippen LogP contribution in [-0.2, 0) is 11.0 Å². The Kier molecular flexibility index (Phi) is 7.76. The fraction of sp³-hybridized carbons (Fsp3) is 0.424. The van der Waals surface area contributed by atoms with Gasteiger partial charge in [0.2, 0.25) is 11.6 Å². The van der Waals surface area contributed by atoms with Gasteiger partial charge in [0, 0.05) is 36.7 Å². The number of fused-ring (bicyclic) bond motifs is 2. The molecular weight excluding hydrogens is 599 g/mol. The number of carbonyl (C=O) groups excluding carboxylic acids is 2. The highest BCUT2D eigenvalue weighted by Crippen LogP contribution is 2.42. The molecule has 10 nitrogen and oxygen atoms in total. The largest absolute Gasteiger partial charge is 0.489 e. The fourth-order valence-electron chi connectivity index (χ4n) is 7.15. The smallest absolute Gasteiger partial charge is 0.416 e. The molecule has 3 atom stereocenters. The number of carbonyl (C=O) groups is 2. The number of pyridine rings is 1. The van der Waals surface area contributed by atoms with Crippen LogP contribution >= 0.6 is 0 Å². The monoisotopic (exact) mass is 634 g/mol. The van der Waals surface area contributed by atoms with Crippen LogP contribution in [-0.4, -0.2) is 57.0 Å². The molecule has 7 rings (SSSR count). The zero-order valence-corrected chi connectivity index (χ0v) is 25.2. The number of rotatable bonds is 6. The quantitative estimate of drug-likeness (QED) is 0.313. The molecule has 0 bridgehead atoms. The van der Waals surface area contributed by atoms with E-state index in [4.69, 9.17) is 15.6 Å². The Labute approximate surface area is 264 Å². The number of amidine groups is 1. The molecule has 1 saturated carbocycles. The van der Waals surface area contributed by atoms with E-state index in [1.165, 1.54) is 0 Å². The van der Waals surface area contributed by atoms with Crippen molar-refractivity contribution < 1.29 is 32.1 Å². The van der Waals surface area contributed by atoms with Crippen molar-refractivity contribution in [2.45, 2.75) is 76.1 Å². The lowest BCUT2D eigenvalue weighted by Gasteiger charge is -2.35. The van der Waals surface area contributed by atoms with E-state index in [0.717, 1.165) is 75.4 Å². The van der Waals surface area contributed by atoms with Gasteiger partial charge in [-0.05, 0) is 75.3 Å². The molecule has 240 valence electrons. The Hall–Kier alpha value is -4.36. The average Bonchev–Trinajstić information content (AvgIpc) is 3.57. The van der Waals surface area contributed by atoms with Gasteiger partial charge in [-0.25, -0.2) is 4.98 Å². The van der Waals surface area contributed by atoms with Gasteiger partial charge in [0.25, 0.3) is 11.7 Å². The van der Waals surface area contributed by atoms with Crippen molar-refractivity contribution in [1.82, 2.24) is 9.88 Å². The number of anilines is 1. The first-order chi connectivity index (χ1) is 22.1. The Bertz CT molecular complexity index is 1700. The Morgan fingerprint density at radius 3 is 2.70 bits per heavy atom. The van der Waals surface area contributed by atoms with Crippen molar-refractivity contribution in [3.8, 4) is 5.75 Å². The van der Waals surface area contributed by atoms with Gasteiger partial charge in [-0.15, -0.1) is 4.59 Å².